The quantitative estimate of drug-likeness (QED) is 0.848. The molecule has 1 saturated heterocycles. The third-order valence-electron chi connectivity index (χ3n) is 3.55. The second-order valence-corrected chi connectivity index (χ2v) is 5.23. The average molecular weight is 262 g/mol. The zero-order valence-corrected chi connectivity index (χ0v) is 11.7. The summed E-state index contributed by atoms with van der Waals surface area (Å²) in [4.78, 5) is 14.5. The van der Waals surface area contributed by atoms with Crippen molar-refractivity contribution in [3.63, 3.8) is 0 Å². The number of nitrogens with two attached hydrogens (primary N) is 1. The maximum Gasteiger partial charge on any atom is 0.258 e. The van der Waals surface area contributed by atoms with Crippen molar-refractivity contribution in [1.82, 2.24) is 0 Å². The van der Waals surface area contributed by atoms with E-state index in [1.165, 1.54) is 0 Å². The highest BCUT2D eigenvalue weighted by molar-refractivity contribution is 5.99. The van der Waals surface area contributed by atoms with E-state index in [1.54, 1.807) is 4.90 Å². The molecule has 0 aromatic heterocycles. The van der Waals surface area contributed by atoms with E-state index in [-0.39, 0.29) is 5.91 Å². The van der Waals surface area contributed by atoms with Crippen molar-refractivity contribution < 1.29 is 9.53 Å². The first-order chi connectivity index (χ1) is 9.07. The molecule has 1 heterocycles. The lowest BCUT2D eigenvalue weighted by atomic mass is 10.0. The molecule has 2 N–H and O–H groups in total. The predicted octanol–water partition coefficient (Wildman–Crippen LogP) is 2.58. The molecule has 0 aliphatic carbocycles. The second-order valence-electron chi connectivity index (χ2n) is 5.23. The van der Waals surface area contributed by atoms with Crippen LogP contribution in [-0.4, -0.2) is 24.7 Å². The summed E-state index contributed by atoms with van der Waals surface area (Å²) >= 11 is 0. The van der Waals surface area contributed by atoms with E-state index in [4.69, 9.17) is 10.5 Å². The van der Waals surface area contributed by atoms with E-state index in [9.17, 15) is 4.79 Å². The van der Waals surface area contributed by atoms with Gasteiger partial charge >= 0.3 is 0 Å². The van der Waals surface area contributed by atoms with Crippen molar-refractivity contribution in [3.8, 4) is 0 Å². The van der Waals surface area contributed by atoms with Gasteiger partial charge in [0.1, 0.15) is 5.60 Å². The largest absolute Gasteiger partial charge is 0.399 e. The van der Waals surface area contributed by atoms with Gasteiger partial charge in [0.25, 0.3) is 5.91 Å². The zero-order chi connectivity index (χ0) is 13.9. The Morgan fingerprint density at radius 1 is 1.53 bits per heavy atom. The number of carbonyl (C=O) groups is 1. The summed E-state index contributed by atoms with van der Waals surface area (Å²) in [6.45, 7) is 5.29. The maximum absolute atomic E-state index is 12.7. The van der Waals surface area contributed by atoms with Crippen LogP contribution in [0, 0.1) is 0 Å². The molecule has 1 aromatic carbocycles. The van der Waals surface area contributed by atoms with Gasteiger partial charge in [-0.15, -0.1) is 0 Å². The summed E-state index contributed by atoms with van der Waals surface area (Å²) in [5, 5.41) is 0. The molecular weight excluding hydrogens is 240 g/mol. The summed E-state index contributed by atoms with van der Waals surface area (Å²) in [5.74, 6) is 0.0393. The van der Waals surface area contributed by atoms with E-state index < -0.39 is 5.60 Å². The highest BCUT2D eigenvalue weighted by atomic mass is 16.5. The molecule has 1 fully saturated rings. The van der Waals surface area contributed by atoms with Crippen LogP contribution >= 0.6 is 0 Å². The van der Waals surface area contributed by atoms with Crippen molar-refractivity contribution in [2.24, 2.45) is 0 Å². The first kappa shape index (κ1) is 13.9. The molecule has 0 radical (unpaired) electrons. The highest BCUT2D eigenvalue weighted by Crippen LogP contribution is 2.30. The molecular formula is C15H22N2O2. The first-order valence-corrected chi connectivity index (χ1v) is 6.88. The van der Waals surface area contributed by atoms with Crippen LogP contribution in [0.5, 0.6) is 0 Å². The number of anilines is 2. The van der Waals surface area contributed by atoms with Gasteiger partial charge in [-0.1, -0.05) is 13.0 Å². The Labute approximate surface area is 114 Å². The Balaban J connectivity index is 2.27. The van der Waals surface area contributed by atoms with Gasteiger partial charge in [-0.2, -0.15) is 0 Å². The van der Waals surface area contributed by atoms with Crippen molar-refractivity contribution in [3.05, 3.63) is 24.3 Å². The van der Waals surface area contributed by atoms with E-state index in [0.29, 0.717) is 18.8 Å². The van der Waals surface area contributed by atoms with Gasteiger partial charge in [0.05, 0.1) is 0 Å². The molecule has 0 spiro atoms. The fraction of sp³-hybridized carbons (Fsp3) is 0.533. The first-order valence-electron chi connectivity index (χ1n) is 6.88. The number of hydrogen-bond acceptors (Lipinski definition) is 3. The number of rotatable bonds is 4. The molecule has 0 bridgehead atoms. The Bertz CT molecular complexity index is 453. The number of nitrogen functional groups attached to an aromatic ring is 1. The van der Waals surface area contributed by atoms with Crippen molar-refractivity contribution >= 4 is 17.3 Å². The van der Waals surface area contributed by atoms with E-state index in [1.807, 2.05) is 31.2 Å². The zero-order valence-electron chi connectivity index (χ0n) is 11.7. The molecule has 1 aliphatic rings. The average Bonchev–Trinajstić information content (AvgIpc) is 2.83. The Hall–Kier alpha value is -1.55. The lowest BCUT2D eigenvalue weighted by molar-refractivity contribution is -0.136. The number of benzene rings is 1. The van der Waals surface area contributed by atoms with Crippen LogP contribution in [0.15, 0.2) is 24.3 Å². The van der Waals surface area contributed by atoms with Crippen LogP contribution in [-0.2, 0) is 9.53 Å². The maximum atomic E-state index is 12.7. The van der Waals surface area contributed by atoms with Crippen LogP contribution in [0.2, 0.25) is 0 Å². The van der Waals surface area contributed by atoms with Crippen LogP contribution in [0.3, 0.4) is 0 Å². The summed E-state index contributed by atoms with van der Waals surface area (Å²) in [7, 11) is 0. The number of hydrogen-bond donors (Lipinski definition) is 1. The lowest BCUT2D eigenvalue weighted by Crippen LogP contribution is -2.47. The molecule has 1 aliphatic heterocycles. The minimum absolute atomic E-state index is 0.0393. The monoisotopic (exact) mass is 262 g/mol. The molecule has 1 amide bonds. The lowest BCUT2D eigenvalue weighted by Gasteiger charge is -2.31. The van der Waals surface area contributed by atoms with Gasteiger partial charge in [0, 0.05) is 24.5 Å². The van der Waals surface area contributed by atoms with Gasteiger partial charge in [-0.25, -0.2) is 0 Å². The van der Waals surface area contributed by atoms with Gasteiger partial charge in [-0.05, 0) is 44.4 Å². The third kappa shape index (κ3) is 2.89. The normalized spacial score (nSPS) is 22.4. The molecule has 1 aromatic rings. The highest BCUT2D eigenvalue weighted by Gasteiger charge is 2.40. The molecule has 4 nitrogen and oxygen atoms in total. The number of nitrogens with zero attached hydrogens (tertiary/aromatic N) is 1. The predicted molar refractivity (Wildman–Crippen MR) is 77.1 cm³/mol. The standard InChI is InChI=1S/C15H22N2O2/c1-3-9-17(13-7-4-6-12(16)11-13)14(18)15(2)8-5-10-19-15/h4,6-7,11H,3,5,8-10,16H2,1-2H3. The van der Waals surface area contributed by atoms with Crippen LogP contribution in [0.25, 0.3) is 0 Å². The number of amides is 1. The summed E-state index contributed by atoms with van der Waals surface area (Å²) in [6, 6.07) is 7.46. The van der Waals surface area contributed by atoms with Crippen molar-refractivity contribution in [2.45, 2.75) is 38.7 Å². The van der Waals surface area contributed by atoms with Crippen LogP contribution < -0.4 is 10.6 Å². The summed E-state index contributed by atoms with van der Waals surface area (Å²) in [5.41, 5.74) is 6.65. The minimum atomic E-state index is -0.681. The smallest absolute Gasteiger partial charge is 0.258 e. The van der Waals surface area contributed by atoms with Gasteiger partial charge in [-0.3, -0.25) is 4.79 Å². The van der Waals surface area contributed by atoms with Crippen molar-refractivity contribution in [1.29, 1.82) is 0 Å². The molecule has 104 valence electrons. The molecule has 4 heteroatoms. The van der Waals surface area contributed by atoms with Gasteiger partial charge in [0.15, 0.2) is 0 Å². The second kappa shape index (κ2) is 5.61. The van der Waals surface area contributed by atoms with Gasteiger partial charge in [0.2, 0.25) is 0 Å². The Morgan fingerprint density at radius 3 is 2.89 bits per heavy atom. The van der Waals surface area contributed by atoms with Crippen LogP contribution in [0.4, 0.5) is 11.4 Å². The van der Waals surface area contributed by atoms with E-state index in [2.05, 4.69) is 6.92 Å². The van der Waals surface area contributed by atoms with Crippen molar-refractivity contribution in [2.75, 3.05) is 23.8 Å². The summed E-state index contributed by atoms with van der Waals surface area (Å²) in [6.07, 6.45) is 2.63. The molecule has 2 rings (SSSR count). The molecule has 19 heavy (non-hydrogen) atoms. The number of carbonyl (C=O) groups excluding carboxylic acids is 1. The third-order valence-corrected chi connectivity index (χ3v) is 3.55. The topological polar surface area (TPSA) is 55.6 Å². The number of ether oxygens (including phenoxy) is 1. The fourth-order valence-corrected chi connectivity index (χ4v) is 2.50. The van der Waals surface area contributed by atoms with Gasteiger partial charge < -0.3 is 15.4 Å². The van der Waals surface area contributed by atoms with E-state index in [0.717, 1.165) is 24.9 Å². The molecule has 1 unspecified atom stereocenters. The Kier molecular flexibility index (Phi) is 4.10. The van der Waals surface area contributed by atoms with Crippen LogP contribution in [0.1, 0.15) is 33.1 Å². The van der Waals surface area contributed by atoms with E-state index >= 15 is 0 Å². The SMILES string of the molecule is CCCN(C(=O)C1(C)CCCO1)c1cccc(N)c1. The summed E-state index contributed by atoms with van der Waals surface area (Å²) < 4.78 is 5.66. The Morgan fingerprint density at radius 2 is 2.32 bits per heavy atom. The fourth-order valence-electron chi connectivity index (χ4n) is 2.50. The minimum Gasteiger partial charge on any atom is -0.399 e. The molecule has 1 atom stereocenters. The molecule has 0 saturated carbocycles.